The van der Waals surface area contributed by atoms with Gasteiger partial charge in [-0.1, -0.05) is 36.4 Å². The van der Waals surface area contributed by atoms with E-state index in [0.717, 1.165) is 11.1 Å². The molecule has 1 heterocycles. The van der Waals surface area contributed by atoms with Crippen molar-refractivity contribution in [2.45, 2.75) is 19.4 Å². The van der Waals surface area contributed by atoms with Crippen molar-refractivity contribution in [3.8, 4) is 0 Å². The first-order valence-electron chi connectivity index (χ1n) is 6.83. The molecule has 0 aliphatic heterocycles. The third kappa shape index (κ3) is 5.24. The van der Waals surface area contributed by atoms with Gasteiger partial charge in [0.1, 0.15) is 5.82 Å². The number of nitrogens with one attached hydrogen (secondary N) is 2. The number of urea groups is 1. The van der Waals surface area contributed by atoms with Crippen molar-refractivity contribution >= 4 is 11.8 Å². The maximum Gasteiger partial charge on any atom is 0.320 e. The molecule has 0 fully saturated rings. The van der Waals surface area contributed by atoms with Crippen LogP contribution in [0.2, 0.25) is 0 Å². The number of carbonyl (C=O) groups excluding carboxylic acids is 1. The third-order valence-corrected chi connectivity index (χ3v) is 2.97. The van der Waals surface area contributed by atoms with Crippen molar-refractivity contribution in [2.75, 3.05) is 11.9 Å². The molecule has 2 rings (SSSR count). The van der Waals surface area contributed by atoms with Gasteiger partial charge in [0.2, 0.25) is 0 Å². The molecule has 0 bridgehead atoms. The van der Waals surface area contributed by atoms with Crippen molar-refractivity contribution in [1.82, 2.24) is 10.3 Å². The Morgan fingerprint density at radius 3 is 2.67 bits per heavy atom. The predicted molar refractivity (Wildman–Crippen MR) is 82.1 cm³/mol. The van der Waals surface area contributed by atoms with Gasteiger partial charge in [-0.05, 0) is 24.1 Å². The highest BCUT2D eigenvalue weighted by Gasteiger charge is 2.08. The van der Waals surface area contributed by atoms with Crippen molar-refractivity contribution < 1.29 is 9.90 Å². The molecule has 110 valence electrons. The Kier molecular flexibility index (Phi) is 5.29. The van der Waals surface area contributed by atoms with Crippen LogP contribution >= 0.6 is 0 Å². The molecule has 0 radical (unpaired) electrons. The molecule has 1 atom stereocenters. The first-order valence-corrected chi connectivity index (χ1v) is 6.83. The zero-order valence-corrected chi connectivity index (χ0v) is 11.9. The number of carbonyl (C=O) groups is 1. The second kappa shape index (κ2) is 7.40. The van der Waals surface area contributed by atoms with Crippen LogP contribution in [0.4, 0.5) is 10.6 Å². The zero-order valence-electron chi connectivity index (χ0n) is 11.9. The number of amides is 2. The molecule has 1 aromatic carbocycles. The molecule has 0 aliphatic carbocycles. The Bertz CT molecular complexity index is 570. The Hall–Kier alpha value is -2.40. The van der Waals surface area contributed by atoms with Crippen molar-refractivity contribution in [3.05, 3.63) is 59.8 Å². The Labute approximate surface area is 124 Å². The number of nitrogens with zero attached hydrogens (tertiary/aromatic N) is 1. The van der Waals surface area contributed by atoms with Gasteiger partial charge in [-0.25, -0.2) is 9.78 Å². The van der Waals surface area contributed by atoms with Crippen LogP contribution < -0.4 is 10.6 Å². The number of pyridine rings is 1. The van der Waals surface area contributed by atoms with Gasteiger partial charge in [-0.2, -0.15) is 0 Å². The monoisotopic (exact) mass is 285 g/mol. The molecule has 0 saturated heterocycles. The second-order valence-electron chi connectivity index (χ2n) is 4.90. The summed E-state index contributed by atoms with van der Waals surface area (Å²) in [6.07, 6.45) is 1.56. The van der Waals surface area contributed by atoms with Gasteiger partial charge in [0.05, 0.1) is 6.10 Å². The average Bonchev–Trinajstić information content (AvgIpc) is 2.49. The summed E-state index contributed by atoms with van der Waals surface area (Å²) in [4.78, 5) is 15.8. The Morgan fingerprint density at radius 1 is 1.24 bits per heavy atom. The van der Waals surface area contributed by atoms with Crippen LogP contribution in [0.25, 0.3) is 0 Å². The lowest BCUT2D eigenvalue weighted by Gasteiger charge is -2.12. The van der Waals surface area contributed by atoms with Crippen LogP contribution in [0, 0.1) is 6.92 Å². The van der Waals surface area contributed by atoms with Gasteiger partial charge in [-0.3, -0.25) is 5.32 Å². The molecule has 5 heteroatoms. The Morgan fingerprint density at radius 2 is 2.00 bits per heavy atom. The topological polar surface area (TPSA) is 74.2 Å². The third-order valence-electron chi connectivity index (χ3n) is 2.97. The zero-order chi connectivity index (χ0) is 15.1. The van der Waals surface area contributed by atoms with Crippen LogP contribution in [0.5, 0.6) is 0 Å². The summed E-state index contributed by atoms with van der Waals surface area (Å²) in [6, 6.07) is 12.9. The number of aliphatic hydroxyl groups is 1. The first kappa shape index (κ1) is 15.0. The summed E-state index contributed by atoms with van der Waals surface area (Å²) in [6.45, 7) is 2.11. The highest BCUT2D eigenvalue weighted by molar-refractivity contribution is 5.88. The molecule has 1 aromatic heterocycles. The molecule has 2 amide bonds. The van der Waals surface area contributed by atoms with E-state index in [-0.39, 0.29) is 12.6 Å². The molecule has 0 spiro atoms. The molecule has 0 saturated carbocycles. The lowest BCUT2D eigenvalue weighted by Crippen LogP contribution is -2.36. The van der Waals surface area contributed by atoms with E-state index >= 15 is 0 Å². The quantitative estimate of drug-likeness (QED) is 0.787. The lowest BCUT2D eigenvalue weighted by atomic mass is 10.1. The van der Waals surface area contributed by atoms with Crippen molar-refractivity contribution in [2.24, 2.45) is 0 Å². The molecule has 0 aliphatic rings. The van der Waals surface area contributed by atoms with Crippen LogP contribution in [-0.2, 0) is 6.42 Å². The van der Waals surface area contributed by atoms with Gasteiger partial charge in [0.15, 0.2) is 0 Å². The fraction of sp³-hybridized carbons (Fsp3) is 0.250. The summed E-state index contributed by atoms with van der Waals surface area (Å²) in [5.74, 6) is 0.482. The molecule has 3 N–H and O–H groups in total. The predicted octanol–water partition coefficient (Wildman–Crippen LogP) is 2.12. The van der Waals surface area contributed by atoms with Gasteiger partial charge >= 0.3 is 6.03 Å². The SMILES string of the molecule is Cc1ccc(NC(=O)NCC(O)Cc2ccccc2)nc1. The van der Waals surface area contributed by atoms with Crippen LogP contribution in [0.15, 0.2) is 48.7 Å². The first-order chi connectivity index (χ1) is 10.1. The summed E-state index contributed by atoms with van der Waals surface area (Å²) in [5.41, 5.74) is 2.06. The van der Waals surface area contributed by atoms with Crippen molar-refractivity contribution in [1.29, 1.82) is 0 Å². The average molecular weight is 285 g/mol. The van der Waals surface area contributed by atoms with Gasteiger partial charge in [-0.15, -0.1) is 0 Å². The summed E-state index contributed by atoms with van der Waals surface area (Å²) >= 11 is 0. The van der Waals surface area contributed by atoms with E-state index in [1.807, 2.05) is 43.3 Å². The van der Waals surface area contributed by atoms with Crippen LogP contribution in [0.1, 0.15) is 11.1 Å². The standard InChI is InChI=1S/C16H19N3O2/c1-12-7-8-15(17-10-12)19-16(21)18-11-14(20)9-13-5-3-2-4-6-13/h2-8,10,14,20H,9,11H2,1H3,(H2,17,18,19,21). The number of aromatic nitrogens is 1. The molecular weight excluding hydrogens is 266 g/mol. The van der Waals surface area contributed by atoms with Gasteiger partial charge in [0.25, 0.3) is 0 Å². The minimum Gasteiger partial charge on any atom is -0.391 e. The fourth-order valence-electron chi connectivity index (χ4n) is 1.87. The van der Waals surface area contributed by atoms with E-state index in [1.165, 1.54) is 0 Å². The largest absolute Gasteiger partial charge is 0.391 e. The highest BCUT2D eigenvalue weighted by Crippen LogP contribution is 2.04. The Balaban J connectivity index is 1.74. The minimum absolute atomic E-state index is 0.187. The second-order valence-corrected chi connectivity index (χ2v) is 4.90. The number of rotatable bonds is 5. The summed E-state index contributed by atoms with van der Waals surface area (Å²) < 4.78 is 0. The normalized spacial score (nSPS) is 11.7. The number of hydrogen-bond donors (Lipinski definition) is 3. The number of aryl methyl sites for hydroxylation is 1. The smallest absolute Gasteiger partial charge is 0.320 e. The lowest BCUT2D eigenvalue weighted by molar-refractivity contribution is 0.172. The minimum atomic E-state index is -0.621. The van der Waals surface area contributed by atoms with Gasteiger partial charge in [0, 0.05) is 19.2 Å². The van der Waals surface area contributed by atoms with Gasteiger partial charge < -0.3 is 10.4 Å². The molecule has 21 heavy (non-hydrogen) atoms. The number of benzene rings is 1. The fourth-order valence-corrected chi connectivity index (χ4v) is 1.87. The maximum absolute atomic E-state index is 11.7. The molecule has 5 nitrogen and oxygen atoms in total. The van der Waals surface area contributed by atoms with E-state index in [2.05, 4.69) is 15.6 Å². The molecule has 2 aromatic rings. The van der Waals surface area contributed by atoms with E-state index in [0.29, 0.717) is 12.2 Å². The van der Waals surface area contributed by atoms with E-state index < -0.39 is 6.10 Å². The number of hydrogen-bond acceptors (Lipinski definition) is 3. The van der Waals surface area contributed by atoms with E-state index in [4.69, 9.17) is 0 Å². The van der Waals surface area contributed by atoms with Crippen molar-refractivity contribution in [3.63, 3.8) is 0 Å². The van der Waals surface area contributed by atoms with E-state index in [1.54, 1.807) is 12.3 Å². The number of anilines is 1. The summed E-state index contributed by atoms with van der Waals surface area (Å²) in [5, 5.41) is 15.1. The molecular formula is C16H19N3O2. The summed E-state index contributed by atoms with van der Waals surface area (Å²) in [7, 11) is 0. The van der Waals surface area contributed by atoms with E-state index in [9.17, 15) is 9.90 Å². The number of aliphatic hydroxyl groups excluding tert-OH is 1. The highest BCUT2D eigenvalue weighted by atomic mass is 16.3. The molecule has 1 unspecified atom stereocenters. The maximum atomic E-state index is 11.7. The van der Waals surface area contributed by atoms with Crippen LogP contribution in [0.3, 0.4) is 0 Å². The van der Waals surface area contributed by atoms with Crippen LogP contribution in [-0.4, -0.2) is 28.8 Å².